The molecule has 0 atom stereocenters. The lowest BCUT2D eigenvalue weighted by atomic mass is 10.1. The largest absolute Gasteiger partial charge is 0.329 e. The van der Waals surface area contributed by atoms with Crippen LogP contribution in [0.5, 0.6) is 0 Å². The fourth-order valence-corrected chi connectivity index (χ4v) is 2.91. The maximum Gasteiger partial charge on any atom is 0.0676 e. The highest BCUT2D eigenvalue weighted by molar-refractivity contribution is 5.85. The molecule has 26 heavy (non-hydrogen) atoms. The minimum absolute atomic E-state index is 0. The van der Waals surface area contributed by atoms with Gasteiger partial charge >= 0.3 is 0 Å². The van der Waals surface area contributed by atoms with Crippen LogP contribution in [-0.2, 0) is 13.0 Å². The second-order valence-corrected chi connectivity index (χ2v) is 6.19. The number of rotatable bonds is 8. The third kappa shape index (κ3) is 5.39. The first kappa shape index (κ1) is 20.1. The Morgan fingerprint density at radius 2 is 1.77 bits per heavy atom. The summed E-state index contributed by atoms with van der Waals surface area (Å²) in [5.74, 6) is 0. The summed E-state index contributed by atoms with van der Waals surface area (Å²) in [6.45, 7) is 5.45. The van der Waals surface area contributed by atoms with Crippen LogP contribution in [0.4, 0.5) is 0 Å². The standard InChI is InChI=1S/C20H25N5.ClH/c1-17-19(16-25(23-17)20-7-11-22-12-8-20)15-24(14-10-21)13-9-18-5-3-2-4-6-18;/h2-8,11-12,16H,9-10,13-15,21H2,1H3;1H. The molecule has 0 aliphatic heterocycles. The van der Waals surface area contributed by atoms with Gasteiger partial charge in [-0.25, -0.2) is 4.68 Å². The van der Waals surface area contributed by atoms with Crippen LogP contribution in [0.1, 0.15) is 16.8 Å². The molecule has 0 unspecified atom stereocenters. The lowest BCUT2D eigenvalue weighted by Crippen LogP contribution is -2.31. The Morgan fingerprint density at radius 1 is 1.04 bits per heavy atom. The summed E-state index contributed by atoms with van der Waals surface area (Å²) in [7, 11) is 0. The van der Waals surface area contributed by atoms with E-state index < -0.39 is 0 Å². The Kier molecular flexibility index (Phi) is 7.78. The van der Waals surface area contributed by atoms with E-state index in [1.54, 1.807) is 12.4 Å². The molecule has 0 saturated heterocycles. The van der Waals surface area contributed by atoms with Gasteiger partial charge in [0.15, 0.2) is 0 Å². The van der Waals surface area contributed by atoms with Crippen LogP contribution >= 0.6 is 12.4 Å². The van der Waals surface area contributed by atoms with Gasteiger partial charge in [0, 0.05) is 50.3 Å². The molecular weight excluding hydrogens is 346 g/mol. The number of hydrogen-bond acceptors (Lipinski definition) is 4. The number of hydrogen-bond donors (Lipinski definition) is 1. The smallest absolute Gasteiger partial charge is 0.0676 e. The number of benzene rings is 1. The fraction of sp³-hybridized carbons (Fsp3) is 0.300. The van der Waals surface area contributed by atoms with Crippen LogP contribution in [0.25, 0.3) is 5.69 Å². The van der Waals surface area contributed by atoms with Crippen molar-refractivity contribution in [3.05, 3.63) is 77.9 Å². The average molecular weight is 372 g/mol. The molecule has 5 nitrogen and oxygen atoms in total. The van der Waals surface area contributed by atoms with E-state index in [-0.39, 0.29) is 12.4 Å². The predicted molar refractivity (Wildman–Crippen MR) is 108 cm³/mol. The van der Waals surface area contributed by atoms with Crippen molar-refractivity contribution in [2.24, 2.45) is 5.73 Å². The maximum absolute atomic E-state index is 5.82. The van der Waals surface area contributed by atoms with Gasteiger partial charge in [-0.05, 0) is 31.0 Å². The number of pyridine rings is 1. The molecule has 1 aromatic carbocycles. The van der Waals surface area contributed by atoms with Gasteiger partial charge < -0.3 is 5.73 Å². The number of nitrogens with two attached hydrogens (primary N) is 1. The van der Waals surface area contributed by atoms with Crippen molar-refractivity contribution in [3.63, 3.8) is 0 Å². The molecule has 0 aliphatic rings. The highest BCUT2D eigenvalue weighted by Crippen LogP contribution is 2.14. The van der Waals surface area contributed by atoms with Gasteiger partial charge in [-0.3, -0.25) is 9.88 Å². The summed E-state index contributed by atoms with van der Waals surface area (Å²) >= 11 is 0. The summed E-state index contributed by atoms with van der Waals surface area (Å²) in [5, 5.41) is 4.64. The number of halogens is 1. The molecule has 0 amide bonds. The second-order valence-electron chi connectivity index (χ2n) is 6.19. The zero-order valence-electron chi connectivity index (χ0n) is 15.1. The molecule has 0 bridgehead atoms. The van der Waals surface area contributed by atoms with E-state index in [1.807, 2.05) is 16.8 Å². The molecule has 2 heterocycles. The van der Waals surface area contributed by atoms with Gasteiger partial charge in [-0.15, -0.1) is 12.4 Å². The minimum Gasteiger partial charge on any atom is -0.329 e. The molecule has 0 fully saturated rings. The molecule has 3 aromatic rings. The van der Waals surface area contributed by atoms with Gasteiger partial charge in [0.05, 0.1) is 11.4 Å². The average Bonchev–Trinajstić information content (AvgIpc) is 3.02. The van der Waals surface area contributed by atoms with E-state index in [0.29, 0.717) is 6.54 Å². The minimum atomic E-state index is 0. The molecule has 138 valence electrons. The van der Waals surface area contributed by atoms with E-state index in [1.165, 1.54) is 11.1 Å². The van der Waals surface area contributed by atoms with E-state index in [4.69, 9.17) is 5.73 Å². The summed E-state index contributed by atoms with van der Waals surface area (Å²) in [5.41, 5.74) is 10.5. The topological polar surface area (TPSA) is 60.0 Å². The number of aryl methyl sites for hydroxylation is 1. The zero-order valence-corrected chi connectivity index (χ0v) is 15.9. The normalized spacial score (nSPS) is 10.7. The predicted octanol–water partition coefficient (Wildman–Crippen LogP) is 3.00. The van der Waals surface area contributed by atoms with E-state index in [2.05, 4.69) is 58.4 Å². The van der Waals surface area contributed by atoms with Crippen molar-refractivity contribution in [1.82, 2.24) is 19.7 Å². The van der Waals surface area contributed by atoms with Crippen LogP contribution in [0.2, 0.25) is 0 Å². The molecule has 0 spiro atoms. The number of nitrogens with zero attached hydrogens (tertiary/aromatic N) is 4. The van der Waals surface area contributed by atoms with Crippen molar-refractivity contribution in [2.75, 3.05) is 19.6 Å². The van der Waals surface area contributed by atoms with Crippen molar-refractivity contribution < 1.29 is 0 Å². The van der Waals surface area contributed by atoms with Crippen LogP contribution in [0.15, 0.2) is 61.1 Å². The first-order valence-corrected chi connectivity index (χ1v) is 8.68. The Labute approximate surface area is 161 Å². The molecule has 2 aromatic heterocycles. The van der Waals surface area contributed by atoms with Gasteiger partial charge in [-0.1, -0.05) is 30.3 Å². The van der Waals surface area contributed by atoms with Crippen LogP contribution in [0, 0.1) is 6.92 Å². The summed E-state index contributed by atoms with van der Waals surface area (Å²) in [6, 6.07) is 14.5. The van der Waals surface area contributed by atoms with Gasteiger partial charge in [0.25, 0.3) is 0 Å². The summed E-state index contributed by atoms with van der Waals surface area (Å²) in [4.78, 5) is 6.46. The Balaban J connectivity index is 0.00000243. The van der Waals surface area contributed by atoms with Crippen molar-refractivity contribution in [1.29, 1.82) is 0 Å². The quantitative estimate of drug-likeness (QED) is 0.661. The molecule has 0 aliphatic carbocycles. The third-order valence-corrected chi connectivity index (χ3v) is 4.33. The highest BCUT2D eigenvalue weighted by atomic mass is 35.5. The van der Waals surface area contributed by atoms with Gasteiger partial charge in [0.1, 0.15) is 0 Å². The van der Waals surface area contributed by atoms with Gasteiger partial charge in [-0.2, -0.15) is 5.10 Å². The second kappa shape index (κ2) is 10.1. The molecule has 6 heteroatoms. The third-order valence-electron chi connectivity index (χ3n) is 4.33. The summed E-state index contributed by atoms with van der Waals surface area (Å²) in [6.07, 6.45) is 6.70. The summed E-state index contributed by atoms with van der Waals surface area (Å²) < 4.78 is 1.92. The monoisotopic (exact) mass is 371 g/mol. The highest BCUT2D eigenvalue weighted by Gasteiger charge is 2.11. The molecule has 0 radical (unpaired) electrons. The van der Waals surface area contributed by atoms with E-state index in [9.17, 15) is 0 Å². The first-order chi connectivity index (χ1) is 12.3. The first-order valence-electron chi connectivity index (χ1n) is 8.68. The van der Waals surface area contributed by atoms with Crippen LogP contribution in [-0.4, -0.2) is 39.3 Å². The Morgan fingerprint density at radius 3 is 2.46 bits per heavy atom. The molecular formula is C20H26ClN5. The zero-order chi connectivity index (χ0) is 17.5. The Hall–Kier alpha value is -2.21. The van der Waals surface area contributed by atoms with Crippen molar-refractivity contribution in [3.8, 4) is 5.69 Å². The number of aromatic nitrogens is 3. The van der Waals surface area contributed by atoms with E-state index >= 15 is 0 Å². The lowest BCUT2D eigenvalue weighted by molar-refractivity contribution is 0.276. The van der Waals surface area contributed by atoms with Gasteiger partial charge in [0.2, 0.25) is 0 Å². The maximum atomic E-state index is 5.82. The molecule has 2 N–H and O–H groups in total. The van der Waals surface area contributed by atoms with Crippen molar-refractivity contribution in [2.45, 2.75) is 19.9 Å². The van der Waals surface area contributed by atoms with Crippen LogP contribution in [0.3, 0.4) is 0 Å². The molecule has 0 saturated carbocycles. The van der Waals surface area contributed by atoms with Crippen molar-refractivity contribution >= 4 is 12.4 Å². The lowest BCUT2D eigenvalue weighted by Gasteiger charge is -2.21. The fourth-order valence-electron chi connectivity index (χ4n) is 2.91. The SMILES string of the molecule is Cc1nn(-c2ccncc2)cc1CN(CCN)CCc1ccccc1.Cl. The van der Waals surface area contributed by atoms with E-state index in [0.717, 1.165) is 37.4 Å². The van der Waals surface area contributed by atoms with Crippen LogP contribution < -0.4 is 5.73 Å². The Bertz CT molecular complexity index is 773. The molecule has 3 rings (SSSR count).